The molecule has 3 N–H and O–H groups in total. The molecule has 0 aliphatic carbocycles. The van der Waals surface area contributed by atoms with E-state index in [2.05, 4.69) is 6.58 Å². The monoisotopic (exact) mass is 227 g/mol. The Bertz CT molecular complexity index is 355. The summed E-state index contributed by atoms with van der Waals surface area (Å²) in [6, 6.07) is -3.04. The van der Waals surface area contributed by atoms with Crippen LogP contribution in [0, 0.1) is 0 Å². The van der Waals surface area contributed by atoms with Gasteiger partial charge in [-0.25, -0.2) is 9.69 Å². The van der Waals surface area contributed by atoms with Crippen molar-refractivity contribution < 1.29 is 19.6 Å². The van der Waals surface area contributed by atoms with Crippen LogP contribution in [0.25, 0.3) is 0 Å². The fourth-order valence-corrected chi connectivity index (χ4v) is 1.45. The first kappa shape index (κ1) is 12.2. The molecule has 1 aliphatic heterocycles. The summed E-state index contributed by atoms with van der Waals surface area (Å²) in [6.07, 6.45) is 1.51. The van der Waals surface area contributed by atoms with Gasteiger partial charge in [-0.1, -0.05) is 6.08 Å². The van der Waals surface area contributed by atoms with Crippen molar-refractivity contribution in [3.8, 4) is 0 Å². The molecule has 7 heteroatoms. The minimum atomic E-state index is -1.08. The number of primary amides is 1. The van der Waals surface area contributed by atoms with E-state index in [-0.39, 0.29) is 6.42 Å². The third-order valence-corrected chi connectivity index (χ3v) is 2.41. The Morgan fingerprint density at radius 3 is 2.69 bits per heavy atom. The van der Waals surface area contributed by atoms with Crippen LogP contribution in [-0.2, 0) is 9.59 Å². The molecule has 7 nitrogen and oxygen atoms in total. The number of nitrogens with two attached hydrogens (primary N) is 1. The maximum absolute atomic E-state index is 11.7. The number of carbonyl (C=O) groups excluding carboxylic acids is 3. The SMILES string of the molecule is C=CCC1C(=O)N(C(C)C(N)=O)C(=O)N1O. The zero-order chi connectivity index (χ0) is 12.5. The lowest BCUT2D eigenvalue weighted by molar-refractivity contribution is -0.137. The lowest BCUT2D eigenvalue weighted by Crippen LogP contribution is -2.46. The molecule has 1 fully saturated rings. The third kappa shape index (κ3) is 1.76. The van der Waals surface area contributed by atoms with Crippen molar-refractivity contribution in [2.75, 3.05) is 0 Å². The molecule has 0 aromatic rings. The molecule has 1 aliphatic rings. The lowest BCUT2D eigenvalue weighted by Gasteiger charge is -2.17. The van der Waals surface area contributed by atoms with Crippen LogP contribution >= 0.6 is 0 Å². The summed E-state index contributed by atoms with van der Waals surface area (Å²) >= 11 is 0. The molecule has 0 aromatic carbocycles. The Balaban J connectivity index is 2.97. The van der Waals surface area contributed by atoms with Gasteiger partial charge >= 0.3 is 6.03 Å². The molecule has 0 spiro atoms. The Hall–Kier alpha value is -1.89. The lowest BCUT2D eigenvalue weighted by atomic mass is 10.2. The van der Waals surface area contributed by atoms with E-state index in [0.717, 1.165) is 0 Å². The minimum Gasteiger partial charge on any atom is -0.368 e. The van der Waals surface area contributed by atoms with Gasteiger partial charge in [0, 0.05) is 0 Å². The summed E-state index contributed by atoms with van der Waals surface area (Å²) in [5.74, 6) is -1.46. The van der Waals surface area contributed by atoms with Crippen LogP contribution in [0.3, 0.4) is 0 Å². The fourth-order valence-electron chi connectivity index (χ4n) is 1.45. The van der Waals surface area contributed by atoms with Crippen molar-refractivity contribution in [1.29, 1.82) is 0 Å². The van der Waals surface area contributed by atoms with Gasteiger partial charge in [0.05, 0.1) is 0 Å². The van der Waals surface area contributed by atoms with Crippen molar-refractivity contribution in [3.05, 3.63) is 12.7 Å². The summed E-state index contributed by atoms with van der Waals surface area (Å²) in [7, 11) is 0. The van der Waals surface area contributed by atoms with Crippen LogP contribution in [0.2, 0.25) is 0 Å². The van der Waals surface area contributed by atoms with Crippen LogP contribution in [0.1, 0.15) is 13.3 Å². The zero-order valence-corrected chi connectivity index (χ0v) is 8.79. The van der Waals surface area contributed by atoms with Crippen molar-refractivity contribution >= 4 is 17.8 Å². The van der Waals surface area contributed by atoms with Gasteiger partial charge in [0.15, 0.2) is 0 Å². The van der Waals surface area contributed by atoms with Crippen molar-refractivity contribution in [1.82, 2.24) is 9.96 Å². The average Bonchev–Trinajstić information content (AvgIpc) is 2.42. The van der Waals surface area contributed by atoms with Gasteiger partial charge in [-0.15, -0.1) is 6.58 Å². The van der Waals surface area contributed by atoms with Crippen molar-refractivity contribution in [2.24, 2.45) is 5.73 Å². The van der Waals surface area contributed by atoms with E-state index in [0.29, 0.717) is 9.96 Å². The van der Waals surface area contributed by atoms with Gasteiger partial charge in [-0.2, -0.15) is 5.06 Å². The molecule has 2 atom stereocenters. The van der Waals surface area contributed by atoms with E-state index in [9.17, 15) is 19.6 Å². The fraction of sp³-hybridized carbons (Fsp3) is 0.444. The topological polar surface area (TPSA) is 104 Å². The quantitative estimate of drug-likeness (QED) is 0.382. The molecule has 1 heterocycles. The summed E-state index contributed by atoms with van der Waals surface area (Å²) in [4.78, 5) is 34.7. The van der Waals surface area contributed by atoms with E-state index < -0.39 is 29.9 Å². The number of hydrogen-bond acceptors (Lipinski definition) is 4. The first-order chi connectivity index (χ1) is 7.41. The molecule has 1 rings (SSSR count). The molecule has 1 saturated heterocycles. The molecule has 0 saturated carbocycles. The summed E-state index contributed by atoms with van der Waals surface area (Å²) in [5, 5.41) is 9.68. The van der Waals surface area contributed by atoms with Crippen LogP contribution in [0.5, 0.6) is 0 Å². The van der Waals surface area contributed by atoms with Gasteiger partial charge in [0.1, 0.15) is 12.1 Å². The number of rotatable bonds is 4. The van der Waals surface area contributed by atoms with Gasteiger partial charge in [0.2, 0.25) is 5.91 Å². The predicted octanol–water partition coefficient (Wildman–Crippen LogP) is -0.542. The van der Waals surface area contributed by atoms with E-state index in [1.54, 1.807) is 0 Å². The molecule has 0 bridgehead atoms. The van der Waals surface area contributed by atoms with E-state index >= 15 is 0 Å². The number of nitrogens with zero attached hydrogens (tertiary/aromatic N) is 2. The molecular weight excluding hydrogens is 214 g/mol. The summed E-state index contributed by atoms with van der Waals surface area (Å²) in [5.41, 5.74) is 5.00. The molecule has 16 heavy (non-hydrogen) atoms. The number of hydrogen-bond donors (Lipinski definition) is 2. The molecular formula is C9H13N3O4. The minimum absolute atomic E-state index is 0.114. The van der Waals surface area contributed by atoms with Gasteiger partial charge < -0.3 is 5.73 Å². The van der Waals surface area contributed by atoms with Crippen LogP contribution in [-0.4, -0.2) is 45.1 Å². The summed E-state index contributed by atoms with van der Waals surface area (Å²) < 4.78 is 0. The normalized spacial score (nSPS) is 22.5. The van der Waals surface area contributed by atoms with Crippen LogP contribution in [0.4, 0.5) is 4.79 Å². The third-order valence-electron chi connectivity index (χ3n) is 2.41. The predicted molar refractivity (Wildman–Crippen MR) is 53.1 cm³/mol. The van der Waals surface area contributed by atoms with Crippen molar-refractivity contribution in [3.63, 3.8) is 0 Å². The van der Waals surface area contributed by atoms with E-state index in [4.69, 9.17) is 5.73 Å². The Morgan fingerprint density at radius 2 is 2.25 bits per heavy atom. The standard InChI is InChI=1S/C9H13N3O4/c1-3-4-6-8(14)11(5(2)7(10)13)9(15)12(6)16/h3,5-6,16H,1,4H2,2H3,(H2,10,13). The smallest absolute Gasteiger partial charge is 0.352 e. The largest absolute Gasteiger partial charge is 0.368 e. The highest BCUT2D eigenvalue weighted by Gasteiger charge is 2.47. The second kappa shape index (κ2) is 4.31. The van der Waals surface area contributed by atoms with Gasteiger partial charge in [0.25, 0.3) is 5.91 Å². The van der Waals surface area contributed by atoms with Gasteiger partial charge in [-0.3, -0.25) is 14.8 Å². The first-order valence-corrected chi connectivity index (χ1v) is 4.67. The Morgan fingerprint density at radius 1 is 1.69 bits per heavy atom. The number of amides is 4. The highest BCUT2D eigenvalue weighted by molar-refractivity contribution is 6.06. The second-order valence-corrected chi connectivity index (χ2v) is 3.45. The van der Waals surface area contributed by atoms with E-state index in [1.807, 2.05) is 0 Å². The first-order valence-electron chi connectivity index (χ1n) is 4.67. The van der Waals surface area contributed by atoms with E-state index in [1.165, 1.54) is 13.0 Å². The number of urea groups is 1. The van der Waals surface area contributed by atoms with Crippen LogP contribution < -0.4 is 5.73 Å². The second-order valence-electron chi connectivity index (χ2n) is 3.45. The maximum atomic E-state index is 11.7. The zero-order valence-electron chi connectivity index (χ0n) is 8.79. The number of carbonyl (C=O) groups is 3. The Labute approximate surface area is 92.1 Å². The molecule has 0 aromatic heterocycles. The summed E-state index contributed by atoms with van der Waals surface area (Å²) in [6.45, 7) is 4.73. The number of hydroxylamine groups is 2. The molecule has 0 radical (unpaired) electrons. The highest BCUT2D eigenvalue weighted by atomic mass is 16.5. The molecule has 4 amide bonds. The van der Waals surface area contributed by atoms with Crippen molar-refractivity contribution in [2.45, 2.75) is 25.4 Å². The molecule has 88 valence electrons. The Kier molecular flexibility index (Phi) is 3.28. The van der Waals surface area contributed by atoms with Gasteiger partial charge in [-0.05, 0) is 13.3 Å². The highest BCUT2D eigenvalue weighted by Crippen LogP contribution is 2.20. The average molecular weight is 227 g/mol. The maximum Gasteiger partial charge on any atom is 0.352 e. The molecule has 2 unspecified atom stereocenters. The number of imide groups is 1. The van der Waals surface area contributed by atoms with Crippen LogP contribution in [0.15, 0.2) is 12.7 Å².